The van der Waals surface area contributed by atoms with E-state index in [9.17, 15) is 4.79 Å². The number of benzene rings is 2. The van der Waals surface area contributed by atoms with E-state index in [0.29, 0.717) is 18.4 Å². The number of hydrogen-bond donors (Lipinski definition) is 0. The van der Waals surface area contributed by atoms with Gasteiger partial charge in [-0.15, -0.1) is 0 Å². The van der Waals surface area contributed by atoms with Gasteiger partial charge in [0.05, 0.1) is 13.2 Å². The SMILES string of the molecule is CCCCC(CC)COc1ccc(PC(=O)c2c(C)cc(C)cc2C)c(OCC(CC)CCCC)c1.[Li+]. The third-order valence-corrected chi connectivity index (χ3v) is 8.31. The van der Waals surface area contributed by atoms with Crippen molar-refractivity contribution in [1.29, 1.82) is 0 Å². The molecule has 0 aliphatic rings. The molecule has 0 aromatic heterocycles. The van der Waals surface area contributed by atoms with Crippen molar-refractivity contribution in [3.63, 3.8) is 0 Å². The van der Waals surface area contributed by atoms with E-state index in [1.807, 2.05) is 32.0 Å². The second-order valence-electron chi connectivity index (χ2n) is 10.3. The molecule has 0 saturated heterocycles. The molecule has 0 aliphatic heterocycles. The van der Waals surface area contributed by atoms with Crippen molar-refractivity contribution in [2.24, 2.45) is 11.8 Å². The molecule has 0 radical (unpaired) electrons. The van der Waals surface area contributed by atoms with E-state index in [2.05, 4.69) is 46.8 Å². The molecule has 5 heteroatoms. The van der Waals surface area contributed by atoms with Crippen LogP contribution in [0, 0.1) is 32.6 Å². The summed E-state index contributed by atoms with van der Waals surface area (Å²) in [6.07, 6.45) is 9.49. The summed E-state index contributed by atoms with van der Waals surface area (Å²) < 4.78 is 12.6. The number of rotatable bonds is 17. The fourth-order valence-electron chi connectivity index (χ4n) is 4.76. The fourth-order valence-corrected chi connectivity index (χ4v) is 5.95. The van der Waals surface area contributed by atoms with Gasteiger partial charge in [-0.25, -0.2) is 0 Å². The Kier molecular flexibility index (Phi) is 16.5. The maximum Gasteiger partial charge on any atom is 1.00 e. The molecule has 0 amide bonds. The largest absolute Gasteiger partial charge is 1.00 e. The zero-order chi connectivity index (χ0) is 26.5. The zero-order valence-electron chi connectivity index (χ0n) is 24.8. The van der Waals surface area contributed by atoms with Crippen LogP contribution in [-0.2, 0) is 0 Å². The molecule has 37 heavy (non-hydrogen) atoms. The number of hydrogen-bond acceptors (Lipinski definition) is 3. The third-order valence-electron chi connectivity index (χ3n) is 7.15. The summed E-state index contributed by atoms with van der Waals surface area (Å²) in [6.45, 7) is 16.5. The van der Waals surface area contributed by atoms with Crippen LogP contribution in [-0.4, -0.2) is 18.7 Å². The quantitative estimate of drug-likeness (QED) is 0.191. The second kappa shape index (κ2) is 18.1. The molecule has 0 bridgehead atoms. The Morgan fingerprint density at radius 2 is 1.35 bits per heavy atom. The molecule has 3 unspecified atom stereocenters. The Morgan fingerprint density at radius 1 is 0.811 bits per heavy atom. The third kappa shape index (κ3) is 11.2. The molecule has 0 fully saturated rings. The molecule has 0 saturated carbocycles. The molecule has 2 aromatic carbocycles. The summed E-state index contributed by atoms with van der Waals surface area (Å²) in [5.41, 5.74) is 4.32. The monoisotopic (exact) mass is 519 g/mol. The van der Waals surface area contributed by atoms with Crippen LogP contribution >= 0.6 is 8.58 Å². The maximum atomic E-state index is 13.4. The van der Waals surface area contributed by atoms with Crippen molar-refractivity contribution in [2.45, 2.75) is 99.8 Å². The van der Waals surface area contributed by atoms with E-state index in [1.54, 1.807) is 0 Å². The number of carbonyl (C=O) groups is 1. The van der Waals surface area contributed by atoms with Crippen LogP contribution in [0.3, 0.4) is 0 Å². The van der Waals surface area contributed by atoms with Crippen LogP contribution in [0.15, 0.2) is 30.3 Å². The summed E-state index contributed by atoms with van der Waals surface area (Å²) in [5, 5.41) is 0.968. The van der Waals surface area contributed by atoms with E-state index >= 15 is 0 Å². The summed E-state index contributed by atoms with van der Waals surface area (Å²) in [6, 6.07) is 10.3. The van der Waals surface area contributed by atoms with E-state index in [1.165, 1.54) is 44.1 Å². The molecule has 3 atom stereocenters. The zero-order valence-corrected chi connectivity index (χ0v) is 25.8. The Balaban J connectivity index is 0.00000684. The van der Waals surface area contributed by atoms with Gasteiger partial charge in [0.25, 0.3) is 0 Å². The molecule has 3 nitrogen and oxygen atoms in total. The second-order valence-corrected chi connectivity index (χ2v) is 11.6. The molecule has 200 valence electrons. The van der Waals surface area contributed by atoms with Gasteiger partial charge >= 0.3 is 18.9 Å². The van der Waals surface area contributed by atoms with Crippen molar-refractivity contribution < 1.29 is 33.1 Å². The Labute approximate surface area is 240 Å². The normalized spacial score (nSPS) is 12.8. The predicted octanol–water partition coefficient (Wildman–Crippen LogP) is 5.95. The van der Waals surface area contributed by atoms with E-state index in [4.69, 9.17) is 9.47 Å². The maximum absolute atomic E-state index is 13.4. The van der Waals surface area contributed by atoms with Crippen LogP contribution in [0.1, 0.15) is 106 Å². The first-order chi connectivity index (χ1) is 17.3. The standard InChI is InChI=1S/C32H49O3P.Li/c1-8-12-14-26(10-3)21-34-28-16-17-30(29(20-28)35-22-27(11-4)15-13-9-2)36-32(33)31-24(6)18-23(5)19-25(31)7;/h16-20,26-27,36H,8-15,21-22H2,1-7H3;/q;+1. The van der Waals surface area contributed by atoms with Gasteiger partial charge in [0.15, 0.2) is 5.52 Å². The van der Waals surface area contributed by atoms with Gasteiger partial charge in [0.1, 0.15) is 11.5 Å². The first kappa shape index (κ1) is 33.8. The minimum absolute atomic E-state index is 0. The molecule has 0 aliphatic carbocycles. The Hall–Kier alpha value is -1.26. The van der Waals surface area contributed by atoms with E-state index in [-0.39, 0.29) is 33.0 Å². The van der Waals surface area contributed by atoms with E-state index in [0.717, 1.165) is 52.9 Å². The van der Waals surface area contributed by atoms with Crippen molar-refractivity contribution >= 4 is 19.4 Å². The molecule has 0 N–H and O–H groups in total. The summed E-state index contributed by atoms with van der Waals surface area (Å²) in [4.78, 5) is 13.4. The Morgan fingerprint density at radius 3 is 1.86 bits per heavy atom. The summed E-state index contributed by atoms with van der Waals surface area (Å²) >= 11 is 0. The minimum atomic E-state index is 0. The van der Waals surface area contributed by atoms with Crippen molar-refractivity contribution in [3.05, 3.63) is 52.6 Å². The van der Waals surface area contributed by atoms with Crippen molar-refractivity contribution in [3.8, 4) is 11.5 Å². The van der Waals surface area contributed by atoms with Gasteiger partial charge in [-0.3, -0.25) is 4.79 Å². The molecule has 0 heterocycles. The average Bonchev–Trinajstić information content (AvgIpc) is 2.84. The van der Waals surface area contributed by atoms with Gasteiger partial charge in [-0.1, -0.05) is 83.9 Å². The number of aryl methyl sites for hydroxylation is 3. The predicted molar refractivity (Wildman–Crippen MR) is 157 cm³/mol. The smallest absolute Gasteiger partial charge is 0.493 e. The first-order valence-corrected chi connectivity index (χ1v) is 15.1. The molecule has 0 spiro atoms. The molecular weight excluding hydrogens is 470 g/mol. The number of unbranched alkanes of at least 4 members (excludes halogenated alkanes) is 2. The van der Waals surface area contributed by atoms with Gasteiger partial charge < -0.3 is 9.47 Å². The van der Waals surface area contributed by atoms with Crippen LogP contribution in [0.5, 0.6) is 11.5 Å². The van der Waals surface area contributed by atoms with Crippen molar-refractivity contribution in [2.75, 3.05) is 13.2 Å². The van der Waals surface area contributed by atoms with Crippen molar-refractivity contribution in [1.82, 2.24) is 0 Å². The first-order valence-electron chi connectivity index (χ1n) is 14.1. The minimum Gasteiger partial charge on any atom is -0.493 e. The number of carbonyl (C=O) groups excluding carboxylic acids is 1. The fraction of sp³-hybridized carbons (Fsp3) is 0.594. The topological polar surface area (TPSA) is 35.5 Å². The van der Waals surface area contributed by atoms with Crippen LogP contribution in [0.25, 0.3) is 0 Å². The van der Waals surface area contributed by atoms with Crippen LogP contribution < -0.4 is 33.6 Å². The van der Waals surface area contributed by atoms with Gasteiger partial charge in [-0.05, 0) is 77.3 Å². The number of ether oxygens (including phenoxy) is 2. The molecular formula is C32H49LiO3P+. The van der Waals surface area contributed by atoms with Crippen LogP contribution in [0.2, 0.25) is 0 Å². The van der Waals surface area contributed by atoms with Crippen LogP contribution in [0.4, 0.5) is 0 Å². The van der Waals surface area contributed by atoms with Gasteiger partial charge in [0.2, 0.25) is 0 Å². The molecule has 2 aromatic rings. The summed E-state index contributed by atoms with van der Waals surface area (Å²) in [7, 11) is 0.0234. The molecule has 2 rings (SSSR count). The summed E-state index contributed by atoms with van der Waals surface area (Å²) in [5.74, 6) is 2.74. The Bertz CT molecular complexity index is 936. The van der Waals surface area contributed by atoms with Gasteiger partial charge in [0, 0.05) is 16.9 Å². The average molecular weight is 520 g/mol. The van der Waals surface area contributed by atoms with Gasteiger partial charge in [-0.2, -0.15) is 0 Å². The van der Waals surface area contributed by atoms with E-state index < -0.39 is 0 Å².